The van der Waals surface area contributed by atoms with Gasteiger partial charge in [-0.05, 0) is 55.6 Å². The van der Waals surface area contributed by atoms with Crippen LogP contribution in [0, 0.1) is 0 Å². The first-order valence-corrected chi connectivity index (χ1v) is 9.69. The zero-order valence-corrected chi connectivity index (χ0v) is 14.8. The summed E-state index contributed by atoms with van der Waals surface area (Å²) in [6.45, 7) is 2.06. The highest BCUT2D eigenvalue weighted by Gasteiger charge is 2.25. The molecule has 0 unspecified atom stereocenters. The lowest BCUT2D eigenvalue weighted by Gasteiger charge is -2.33. The van der Waals surface area contributed by atoms with Crippen molar-refractivity contribution >= 4 is 29.1 Å². The number of likely N-dealkylation sites (tertiary alicyclic amines) is 1. The largest absolute Gasteiger partial charge is 0.363 e. The van der Waals surface area contributed by atoms with Gasteiger partial charge in [-0.1, -0.05) is 12.8 Å². The molecule has 0 saturated carbocycles. The van der Waals surface area contributed by atoms with Gasteiger partial charge in [-0.3, -0.25) is 0 Å². The van der Waals surface area contributed by atoms with Crippen molar-refractivity contribution in [3.05, 3.63) is 24.0 Å². The molecule has 1 saturated heterocycles. The first kappa shape index (κ1) is 16.7. The van der Waals surface area contributed by atoms with Gasteiger partial charge in [0.25, 0.3) is 0 Å². The third-order valence-corrected chi connectivity index (χ3v) is 5.22. The van der Waals surface area contributed by atoms with Crippen LogP contribution in [0.3, 0.4) is 0 Å². The Morgan fingerprint density at radius 1 is 1.43 bits per heavy atom. The minimum atomic E-state index is 0.424. The number of rotatable bonds is 5. The summed E-state index contributed by atoms with van der Waals surface area (Å²) in [6, 6.07) is 4.79. The van der Waals surface area contributed by atoms with Gasteiger partial charge in [0.2, 0.25) is 0 Å². The Morgan fingerprint density at radius 3 is 3.00 bits per heavy atom. The molecule has 3 nitrogen and oxygen atoms in total. The Hall–Kier alpha value is -0.680. The van der Waals surface area contributed by atoms with Crippen molar-refractivity contribution in [2.75, 3.05) is 25.1 Å². The molecule has 0 spiro atoms. The molecule has 1 N–H and O–H groups in total. The highest BCUT2D eigenvalue weighted by Crippen LogP contribution is 2.30. The van der Waals surface area contributed by atoms with Crippen LogP contribution in [0.1, 0.15) is 43.8 Å². The topological polar surface area (TPSA) is 20.2 Å². The molecule has 1 fully saturated rings. The SMILES string of the molecule is CSCCCNC(=S)N1CCCCC[C@H]1c1cccn1C. The van der Waals surface area contributed by atoms with Crippen LogP contribution in [-0.4, -0.2) is 39.7 Å². The quantitative estimate of drug-likeness (QED) is 0.659. The second kappa shape index (κ2) is 8.69. The van der Waals surface area contributed by atoms with Crippen LogP contribution >= 0.6 is 24.0 Å². The molecule has 2 rings (SSSR count). The third kappa shape index (κ3) is 4.65. The summed E-state index contributed by atoms with van der Waals surface area (Å²) in [7, 11) is 2.13. The maximum Gasteiger partial charge on any atom is 0.169 e. The first-order valence-electron chi connectivity index (χ1n) is 7.88. The lowest BCUT2D eigenvalue weighted by atomic mass is 10.1. The zero-order valence-electron chi connectivity index (χ0n) is 13.2. The van der Waals surface area contributed by atoms with Gasteiger partial charge in [0.05, 0.1) is 6.04 Å². The molecule has 1 aliphatic heterocycles. The molecule has 2 heterocycles. The van der Waals surface area contributed by atoms with E-state index in [1.165, 1.54) is 43.6 Å². The van der Waals surface area contributed by atoms with E-state index in [-0.39, 0.29) is 0 Å². The number of hydrogen-bond acceptors (Lipinski definition) is 2. The van der Waals surface area contributed by atoms with Crippen LogP contribution < -0.4 is 5.32 Å². The Bertz CT molecular complexity index is 444. The minimum absolute atomic E-state index is 0.424. The monoisotopic (exact) mass is 325 g/mol. The van der Waals surface area contributed by atoms with Gasteiger partial charge in [0.15, 0.2) is 5.11 Å². The fourth-order valence-electron chi connectivity index (χ4n) is 2.99. The van der Waals surface area contributed by atoms with Crippen molar-refractivity contribution in [1.29, 1.82) is 0 Å². The van der Waals surface area contributed by atoms with E-state index in [0.29, 0.717) is 6.04 Å². The van der Waals surface area contributed by atoms with Gasteiger partial charge >= 0.3 is 0 Å². The van der Waals surface area contributed by atoms with E-state index in [0.717, 1.165) is 18.2 Å². The molecule has 1 aliphatic rings. The molecular formula is C16H27N3S2. The summed E-state index contributed by atoms with van der Waals surface area (Å²) < 4.78 is 2.24. The third-order valence-electron chi connectivity index (χ3n) is 4.14. The van der Waals surface area contributed by atoms with Crippen molar-refractivity contribution in [2.24, 2.45) is 7.05 Å². The number of thioether (sulfide) groups is 1. The van der Waals surface area contributed by atoms with Gasteiger partial charge in [0, 0.05) is 32.0 Å². The number of nitrogens with one attached hydrogen (secondary N) is 1. The Morgan fingerprint density at radius 2 is 2.29 bits per heavy atom. The maximum atomic E-state index is 5.68. The normalized spacial score (nSPS) is 19.3. The lowest BCUT2D eigenvalue weighted by molar-refractivity contribution is 0.306. The number of aromatic nitrogens is 1. The molecular weight excluding hydrogens is 298 g/mol. The first-order chi connectivity index (χ1) is 10.2. The molecule has 0 amide bonds. The van der Waals surface area contributed by atoms with Gasteiger partial charge in [-0.15, -0.1) is 0 Å². The van der Waals surface area contributed by atoms with Crippen molar-refractivity contribution in [3.8, 4) is 0 Å². The van der Waals surface area contributed by atoms with E-state index in [9.17, 15) is 0 Å². The molecule has 0 radical (unpaired) electrons. The number of aryl methyl sites for hydroxylation is 1. The average Bonchev–Trinajstić information content (AvgIpc) is 2.76. The molecule has 1 atom stereocenters. The van der Waals surface area contributed by atoms with Crippen LogP contribution in [0.25, 0.3) is 0 Å². The highest BCUT2D eigenvalue weighted by molar-refractivity contribution is 7.98. The highest BCUT2D eigenvalue weighted by atomic mass is 32.2. The maximum absolute atomic E-state index is 5.68. The van der Waals surface area contributed by atoms with E-state index >= 15 is 0 Å². The number of thiocarbonyl (C=S) groups is 1. The van der Waals surface area contributed by atoms with Crippen LogP contribution in [0.15, 0.2) is 18.3 Å². The van der Waals surface area contributed by atoms with Crippen LogP contribution in [0.4, 0.5) is 0 Å². The van der Waals surface area contributed by atoms with Gasteiger partial charge in [0.1, 0.15) is 0 Å². The predicted molar refractivity (Wildman–Crippen MR) is 96.9 cm³/mol. The van der Waals surface area contributed by atoms with Gasteiger partial charge in [-0.2, -0.15) is 11.8 Å². The molecule has 21 heavy (non-hydrogen) atoms. The minimum Gasteiger partial charge on any atom is -0.363 e. The summed E-state index contributed by atoms with van der Waals surface area (Å²) in [6.07, 6.45) is 10.5. The molecule has 5 heteroatoms. The fourth-order valence-corrected chi connectivity index (χ4v) is 3.75. The second-order valence-corrected chi connectivity index (χ2v) is 7.05. The van der Waals surface area contributed by atoms with E-state index in [2.05, 4.69) is 46.4 Å². The van der Waals surface area contributed by atoms with E-state index < -0.39 is 0 Å². The fraction of sp³-hybridized carbons (Fsp3) is 0.688. The molecule has 0 aliphatic carbocycles. The standard InChI is InChI=1S/C16H27N3S2/c1-18-11-6-9-14(18)15-8-4-3-5-12-19(15)16(20)17-10-7-13-21-2/h6,9,11,15H,3-5,7-8,10,12-13H2,1-2H3,(H,17,20)/t15-/m0/s1. The summed E-state index contributed by atoms with van der Waals surface area (Å²) in [4.78, 5) is 2.41. The van der Waals surface area contributed by atoms with E-state index in [1.807, 2.05) is 11.8 Å². The predicted octanol–water partition coefficient (Wildman–Crippen LogP) is 3.57. The van der Waals surface area contributed by atoms with Crippen molar-refractivity contribution in [2.45, 2.75) is 38.1 Å². The second-order valence-electron chi connectivity index (χ2n) is 5.68. The van der Waals surface area contributed by atoms with Crippen LogP contribution in [0.5, 0.6) is 0 Å². The van der Waals surface area contributed by atoms with Crippen molar-refractivity contribution in [1.82, 2.24) is 14.8 Å². The molecule has 1 aromatic heterocycles. The summed E-state index contributed by atoms with van der Waals surface area (Å²) in [5.41, 5.74) is 1.38. The molecule has 0 bridgehead atoms. The molecule has 0 aromatic carbocycles. The number of hydrogen-bond donors (Lipinski definition) is 1. The molecule has 118 valence electrons. The Kier molecular flexibility index (Phi) is 6.90. The van der Waals surface area contributed by atoms with Crippen LogP contribution in [0.2, 0.25) is 0 Å². The van der Waals surface area contributed by atoms with Crippen molar-refractivity contribution in [3.63, 3.8) is 0 Å². The summed E-state index contributed by atoms with van der Waals surface area (Å²) >= 11 is 7.57. The van der Waals surface area contributed by atoms with Gasteiger partial charge in [-0.25, -0.2) is 0 Å². The Balaban J connectivity index is 2.02. The Labute approximate surface area is 138 Å². The summed E-state index contributed by atoms with van der Waals surface area (Å²) in [5.74, 6) is 1.19. The van der Waals surface area contributed by atoms with E-state index in [4.69, 9.17) is 12.2 Å². The zero-order chi connectivity index (χ0) is 15.1. The lowest BCUT2D eigenvalue weighted by Crippen LogP contribution is -2.42. The number of nitrogens with zero attached hydrogens (tertiary/aromatic N) is 2. The smallest absolute Gasteiger partial charge is 0.169 e. The van der Waals surface area contributed by atoms with Crippen molar-refractivity contribution < 1.29 is 0 Å². The van der Waals surface area contributed by atoms with E-state index in [1.54, 1.807) is 0 Å². The average molecular weight is 326 g/mol. The summed E-state index contributed by atoms with van der Waals surface area (Å²) in [5, 5.41) is 4.40. The van der Waals surface area contributed by atoms with Crippen LogP contribution in [-0.2, 0) is 7.05 Å². The van der Waals surface area contributed by atoms with Gasteiger partial charge < -0.3 is 14.8 Å². The molecule has 1 aromatic rings.